The van der Waals surface area contributed by atoms with Gasteiger partial charge in [0.15, 0.2) is 0 Å². The Morgan fingerprint density at radius 3 is 1.84 bits per heavy atom. The molecule has 0 bridgehead atoms. The molecule has 0 unspecified atom stereocenters. The number of halogens is 1. The summed E-state index contributed by atoms with van der Waals surface area (Å²) in [5, 5.41) is 84.8. The number of pyridine rings is 1. The van der Waals surface area contributed by atoms with Crippen LogP contribution in [-0.2, 0) is 101 Å². The number of aromatic hydroxyl groups is 1. The van der Waals surface area contributed by atoms with Crippen molar-refractivity contribution in [3.8, 4) is 28.0 Å². The van der Waals surface area contributed by atoms with Gasteiger partial charge in [-0.25, -0.2) is 14.4 Å². The van der Waals surface area contributed by atoms with Gasteiger partial charge in [0.2, 0.25) is 59.1 Å². The van der Waals surface area contributed by atoms with Crippen LogP contribution in [0.25, 0.3) is 22.3 Å². The van der Waals surface area contributed by atoms with Crippen molar-refractivity contribution in [2.75, 3.05) is 13.1 Å². The Morgan fingerprint density at radius 1 is 0.617 bits per heavy atom. The summed E-state index contributed by atoms with van der Waals surface area (Å²) >= 11 is 0. The number of carbonyl (C=O) groups is 13. The summed E-state index contributed by atoms with van der Waals surface area (Å²) in [6.45, 7) is 7.41. The predicted molar refractivity (Wildman–Crippen MR) is 410 cm³/mol. The number of aliphatic hydroxyl groups excluding tert-OH is 3. The van der Waals surface area contributed by atoms with Gasteiger partial charge in [0.05, 0.1) is 37.8 Å². The van der Waals surface area contributed by atoms with Crippen LogP contribution in [0, 0.1) is 12.7 Å². The van der Waals surface area contributed by atoms with E-state index < -0.39 is 193 Å². The molecule has 3 aromatic heterocycles. The van der Waals surface area contributed by atoms with Crippen LogP contribution < -0.4 is 53.6 Å². The number of likely N-dealkylation sites (tertiary alicyclic amines) is 1. The first-order chi connectivity index (χ1) is 54.6. The van der Waals surface area contributed by atoms with E-state index in [4.69, 9.17) is 5.73 Å². The third-order valence-electron chi connectivity index (χ3n) is 19.7. The van der Waals surface area contributed by atoms with E-state index in [1.807, 2.05) is 38.1 Å². The zero-order chi connectivity index (χ0) is 84.0. The number of amides is 11. The molecular formula is C79H95FN16O19. The molecule has 0 spiro atoms. The van der Waals surface area contributed by atoms with Crippen LogP contribution in [0.4, 0.5) is 4.39 Å². The second kappa shape index (κ2) is 40.1. The summed E-state index contributed by atoms with van der Waals surface area (Å²) in [7, 11) is 0. The molecule has 36 heteroatoms. The molecule has 12 atom stereocenters. The molecule has 0 saturated carbocycles. The minimum Gasteiger partial charge on any atom is -0.508 e. The van der Waals surface area contributed by atoms with Crippen LogP contribution in [0.2, 0.25) is 0 Å². The van der Waals surface area contributed by atoms with Crippen molar-refractivity contribution in [1.82, 2.24) is 77.7 Å². The molecule has 8 rings (SSSR count). The smallest absolute Gasteiger partial charge is 0.305 e. The summed E-state index contributed by atoms with van der Waals surface area (Å²) in [5.74, 6) is -16.3. The minimum atomic E-state index is -2.43. The second-order valence-electron chi connectivity index (χ2n) is 28.6. The van der Waals surface area contributed by atoms with Crippen molar-refractivity contribution < 1.29 is 97.4 Å². The number of rotatable bonds is 40. The lowest BCUT2D eigenvalue weighted by Gasteiger charge is -2.36. The molecule has 612 valence electrons. The number of aliphatic hydroxyl groups is 3. The number of carbonyl (C=O) groups excluding carboxylic acids is 11. The molecule has 0 radical (unpaired) electrons. The number of nitrogens with one attached hydrogen (secondary N) is 11. The average molecular weight is 1590 g/mol. The highest BCUT2D eigenvalue weighted by atomic mass is 19.1. The highest BCUT2D eigenvalue weighted by Gasteiger charge is 2.49. The van der Waals surface area contributed by atoms with Gasteiger partial charge in [0, 0.05) is 81.2 Å². The van der Waals surface area contributed by atoms with Gasteiger partial charge in [-0.3, -0.25) is 67.3 Å². The van der Waals surface area contributed by atoms with Gasteiger partial charge in [0.25, 0.3) is 5.91 Å². The number of aryl methyl sites for hydroxylation is 2. The van der Waals surface area contributed by atoms with E-state index >= 15 is 4.39 Å². The highest BCUT2D eigenvalue weighted by molar-refractivity contribution is 6.01. The SMILES string of the molecule is CCc1cc(O)ccc1-c1ccc(C[C@H](NC(=O)[C@H](CC(=O)O)NC(=O)[C@H](Cc2cnc[nH]2)NC(=O)[C@@H](NC(=O)[C@@](C)(Cc2ccccc2F)NC(=O)[C@@H](NC(=O)CNC(=O)[C@H](CCC(=O)O)NC(=O)[C@]2(C)CCCN2C(=O)[C@@H](O)Cc2cnc[nH]2)[C@@H](C)O)[C@@H](C)O)C(=O)N[C@@H](Cc2cnccc2-c2ccccc2C)C(N)=O)cc1. The van der Waals surface area contributed by atoms with E-state index in [1.165, 1.54) is 62.4 Å². The number of phenolic OH excluding ortho intramolecular Hbond substituents is 1. The monoisotopic (exact) mass is 1590 g/mol. The number of H-pyrrole nitrogens is 2. The topological polar surface area (TPSA) is 551 Å². The van der Waals surface area contributed by atoms with Gasteiger partial charge in [-0.05, 0) is 135 Å². The minimum absolute atomic E-state index is 0.0402. The molecule has 11 amide bonds. The zero-order valence-corrected chi connectivity index (χ0v) is 63.9. The second-order valence-corrected chi connectivity index (χ2v) is 28.6. The van der Waals surface area contributed by atoms with Crippen molar-refractivity contribution in [2.24, 2.45) is 5.73 Å². The predicted octanol–water partition coefficient (Wildman–Crippen LogP) is -0.196. The molecule has 7 aromatic rings. The van der Waals surface area contributed by atoms with Crippen LogP contribution in [0.15, 0.2) is 135 Å². The van der Waals surface area contributed by atoms with Crippen molar-refractivity contribution in [1.29, 1.82) is 0 Å². The average Bonchev–Trinajstić information content (AvgIpc) is 1.51. The molecule has 4 heterocycles. The molecule has 1 saturated heterocycles. The lowest BCUT2D eigenvalue weighted by atomic mass is 9.90. The number of carboxylic acids is 2. The van der Waals surface area contributed by atoms with Crippen molar-refractivity contribution in [3.63, 3.8) is 0 Å². The number of imidazole rings is 2. The molecule has 35 nitrogen and oxygen atoms in total. The Bertz CT molecular complexity index is 4660. The normalized spacial score (nSPS) is 16.3. The van der Waals surface area contributed by atoms with E-state index in [0.717, 1.165) is 59.6 Å². The van der Waals surface area contributed by atoms with Gasteiger partial charge in [-0.1, -0.05) is 79.7 Å². The first kappa shape index (κ1) is 87.7. The van der Waals surface area contributed by atoms with Crippen LogP contribution in [0.5, 0.6) is 5.75 Å². The fourth-order valence-corrected chi connectivity index (χ4v) is 13.3. The van der Waals surface area contributed by atoms with Gasteiger partial charge in [0.1, 0.15) is 71.0 Å². The fraction of sp³-hybridized carbons (Fsp3) is 0.392. The van der Waals surface area contributed by atoms with Gasteiger partial charge in [-0.15, -0.1) is 0 Å². The third kappa shape index (κ3) is 23.9. The Labute approximate surface area is 659 Å². The Balaban J connectivity index is 0.994. The summed E-state index contributed by atoms with van der Waals surface area (Å²) in [4.78, 5) is 200. The van der Waals surface area contributed by atoms with E-state index in [-0.39, 0.29) is 49.2 Å². The summed E-state index contributed by atoms with van der Waals surface area (Å²) in [6, 6.07) is 13.0. The zero-order valence-electron chi connectivity index (χ0n) is 63.9. The highest BCUT2D eigenvalue weighted by Crippen LogP contribution is 2.33. The van der Waals surface area contributed by atoms with Crippen molar-refractivity contribution in [2.45, 2.75) is 184 Å². The first-order valence-corrected chi connectivity index (χ1v) is 37.0. The van der Waals surface area contributed by atoms with Crippen LogP contribution >= 0.6 is 0 Å². The van der Waals surface area contributed by atoms with E-state index in [0.29, 0.717) is 35.2 Å². The largest absolute Gasteiger partial charge is 0.508 e. The lowest BCUT2D eigenvalue weighted by molar-refractivity contribution is -0.151. The number of phenols is 1. The quantitative estimate of drug-likeness (QED) is 0.0237. The maximum Gasteiger partial charge on any atom is 0.305 e. The standard InChI is InChI=1S/C79H95FN16O19/c1-7-46-30-52(99)21-22-54(46)47-19-17-45(18-20-47)29-59(70(108)88-58(68(81)106)31-49-36-82-27-25-55(49)53-15-10-8-13-42(53)2)89-72(110)61(34-65(104)105)90-71(109)60(32-50-37-83-40-86-50)91-73(111)66(43(3)97)94-76(114)78(5,35-48-14-9-11-16-56(48)80)95-74(112)67(44(4)98)93-63(101)39-85-69(107)57(23-24-64(102)103)92-77(115)79(6)26-12-28-96(79)75(113)62(100)33-51-38-84-41-87-51/h8-11,13-22,25,27,30,36-38,40-41,43-44,57-62,66-67,97-100H,7,12,23-24,26,28-29,31-35,39H2,1-6H3,(H2,81,106)(H,83,86)(H,84,87)(H,85,107)(H,88,108)(H,89,110)(H,90,109)(H,91,111)(H,92,115)(H,93,101)(H,94,114)(H,95,112)(H,102,103)(H,104,105)/t43-,44-,57+,58+,59+,60+,61+,62+,66+,67+,78-,79+/m1/s1. The first-order valence-electron chi connectivity index (χ1n) is 37.0. The molecule has 115 heavy (non-hydrogen) atoms. The van der Waals surface area contributed by atoms with Gasteiger partial charge >= 0.3 is 11.9 Å². The van der Waals surface area contributed by atoms with E-state index in [2.05, 4.69) is 72.8 Å². The summed E-state index contributed by atoms with van der Waals surface area (Å²) in [5.41, 5.74) is 7.91. The fourth-order valence-electron chi connectivity index (χ4n) is 13.3. The van der Waals surface area contributed by atoms with Gasteiger partial charge in [-0.2, -0.15) is 0 Å². The molecule has 1 aliphatic heterocycles. The number of aromatic nitrogens is 5. The van der Waals surface area contributed by atoms with Crippen LogP contribution in [0.1, 0.15) is 106 Å². The molecule has 19 N–H and O–H groups in total. The number of aliphatic carboxylic acids is 2. The molecule has 0 aliphatic carbocycles. The van der Waals surface area contributed by atoms with Crippen LogP contribution in [0.3, 0.4) is 0 Å². The molecule has 1 aliphatic rings. The van der Waals surface area contributed by atoms with E-state index in [9.17, 15) is 93.0 Å². The summed E-state index contributed by atoms with van der Waals surface area (Å²) < 4.78 is 15.7. The number of nitrogens with two attached hydrogens (primary N) is 1. The lowest BCUT2D eigenvalue weighted by Crippen LogP contribution is -2.67. The Morgan fingerprint density at radius 2 is 1.23 bits per heavy atom. The number of primary amides is 1. The number of hydrogen-bond acceptors (Lipinski definition) is 20. The van der Waals surface area contributed by atoms with Crippen molar-refractivity contribution >= 4 is 76.9 Å². The number of hydrogen-bond donors (Lipinski definition) is 18. The number of aromatic amines is 2. The third-order valence-corrected chi connectivity index (χ3v) is 19.7. The van der Waals surface area contributed by atoms with Crippen molar-refractivity contribution in [3.05, 3.63) is 180 Å². The Kier molecular flexibility index (Phi) is 30.6. The molecule has 1 fully saturated rings. The Hall–Kier alpha value is -12.8. The number of benzene rings is 4. The maximum absolute atomic E-state index is 15.7. The van der Waals surface area contributed by atoms with E-state index in [1.54, 1.807) is 48.7 Å². The molecule has 4 aromatic carbocycles. The maximum atomic E-state index is 15.7. The number of nitrogens with zero attached hydrogens (tertiary/aromatic N) is 4. The van der Waals surface area contributed by atoms with Crippen LogP contribution in [-0.4, -0.2) is 222 Å². The number of carboxylic acid groups (broad SMARTS) is 2. The summed E-state index contributed by atoms with van der Waals surface area (Å²) in [6.07, 6.45) is -0.386. The van der Waals surface area contributed by atoms with Gasteiger partial charge < -0.3 is 99.1 Å². The molecular weight excluding hydrogens is 1500 g/mol.